The molecule has 0 radical (unpaired) electrons. The predicted octanol–water partition coefficient (Wildman–Crippen LogP) is 2.75. The van der Waals surface area contributed by atoms with Gasteiger partial charge in [0.05, 0.1) is 0 Å². The second kappa shape index (κ2) is 5.94. The lowest BCUT2D eigenvalue weighted by molar-refractivity contribution is -0.116. The van der Waals surface area contributed by atoms with Crippen LogP contribution in [0.25, 0.3) is 0 Å². The Bertz CT molecular complexity index is 223. The average molecular weight is 209 g/mol. The van der Waals surface area contributed by atoms with Crippen LogP contribution in [0.3, 0.4) is 0 Å². The van der Waals surface area contributed by atoms with Crippen molar-refractivity contribution in [2.75, 3.05) is 6.54 Å². The minimum atomic E-state index is -0.0401. The van der Waals surface area contributed by atoms with Gasteiger partial charge >= 0.3 is 0 Å². The predicted molar refractivity (Wildman–Crippen MR) is 63.5 cm³/mol. The Kier molecular flexibility index (Phi) is 4.86. The average Bonchev–Trinajstić information content (AvgIpc) is 2.26. The van der Waals surface area contributed by atoms with Crippen LogP contribution in [0.1, 0.15) is 39.5 Å². The second-order valence-corrected chi connectivity index (χ2v) is 4.99. The van der Waals surface area contributed by atoms with E-state index in [9.17, 15) is 4.79 Å². The van der Waals surface area contributed by atoms with Gasteiger partial charge < -0.3 is 5.32 Å². The van der Waals surface area contributed by atoms with Gasteiger partial charge in [0, 0.05) is 6.54 Å². The summed E-state index contributed by atoms with van der Waals surface area (Å²) in [5.41, 5.74) is 0. The Morgan fingerprint density at radius 1 is 1.53 bits per heavy atom. The van der Waals surface area contributed by atoms with Gasteiger partial charge in [-0.15, -0.1) is 0 Å². The van der Waals surface area contributed by atoms with Crippen LogP contribution in [0.5, 0.6) is 0 Å². The maximum Gasteiger partial charge on any atom is 0.243 e. The fourth-order valence-corrected chi connectivity index (χ4v) is 2.44. The molecule has 2 atom stereocenters. The van der Waals surface area contributed by atoms with Gasteiger partial charge in [0.25, 0.3) is 0 Å². The van der Waals surface area contributed by atoms with Crippen LogP contribution in [-0.4, -0.2) is 12.5 Å². The van der Waals surface area contributed by atoms with Gasteiger partial charge in [-0.3, -0.25) is 4.79 Å². The number of nitrogens with one attached hydrogen (secondary N) is 1. The monoisotopic (exact) mass is 209 g/mol. The zero-order valence-corrected chi connectivity index (χ0v) is 9.96. The number of rotatable bonds is 4. The molecule has 1 saturated carbocycles. The molecule has 0 spiro atoms. The summed E-state index contributed by atoms with van der Waals surface area (Å²) < 4.78 is 0. The SMILES string of the molecule is C=CC(=O)NCC1CCCC(C(C)C)C1. The zero-order chi connectivity index (χ0) is 11.3. The number of amides is 1. The van der Waals surface area contributed by atoms with Gasteiger partial charge in [0.15, 0.2) is 0 Å². The zero-order valence-electron chi connectivity index (χ0n) is 9.96. The molecule has 1 fully saturated rings. The van der Waals surface area contributed by atoms with Crippen molar-refractivity contribution in [3.05, 3.63) is 12.7 Å². The fourth-order valence-electron chi connectivity index (χ4n) is 2.44. The Morgan fingerprint density at radius 3 is 2.87 bits per heavy atom. The Labute approximate surface area is 93.1 Å². The summed E-state index contributed by atoms with van der Waals surface area (Å²) in [5.74, 6) is 2.27. The summed E-state index contributed by atoms with van der Waals surface area (Å²) in [6.45, 7) is 8.88. The summed E-state index contributed by atoms with van der Waals surface area (Å²) >= 11 is 0. The summed E-state index contributed by atoms with van der Waals surface area (Å²) in [7, 11) is 0. The van der Waals surface area contributed by atoms with Crippen molar-refractivity contribution < 1.29 is 4.79 Å². The molecule has 1 N–H and O–H groups in total. The summed E-state index contributed by atoms with van der Waals surface area (Å²) in [6, 6.07) is 0. The minimum absolute atomic E-state index is 0.0401. The van der Waals surface area contributed by atoms with Gasteiger partial charge in [-0.1, -0.05) is 33.3 Å². The first-order chi connectivity index (χ1) is 7.13. The molecule has 0 aliphatic heterocycles. The highest BCUT2D eigenvalue weighted by molar-refractivity contribution is 5.86. The molecule has 1 aliphatic carbocycles. The van der Waals surface area contributed by atoms with E-state index in [-0.39, 0.29) is 5.91 Å². The van der Waals surface area contributed by atoms with Crippen molar-refractivity contribution in [1.29, 1.82) is 0 Å². The molecule has 2 unspecified atom stereocenters. The van der Waals surface area contributed by atoms with Gasteiger partial charge in [0.2, 0.25) is 5.91 Å². The summed E-state index contributed by atoms with van der Waals surface area (Å²) in [4.78, 5) is 11.0. The molecule has 86 valence electrons. The van der Waals surface area contributed by atoms with E-state index in [4.69, 9.17) is 0 Å². The molecule has 0 aromatic rings. The largest absolute Gasteiger partial charge is 0.352 e. The lowest BCUT2D eigenvalue weighted by Gasteiger charge is -2.31. The third kappa shape index (κ3) is 4.06. The van der Waals surface area contributed by atoms with E-state index in [1.807, 2.05) is 0 Å². The topological polar surface area (TPSA) is 29.1 Å². The highest BCUT2D eigenvalue weighted by atomic mass is 16.1. The highest BCUT2D eigenvalue weighted by Gasteiger charge is 2.23. The smallest absolute Gasteiger partial charge is 0.243 e. The Hall–Kier alpha value is -0.790. The fraction of sp³-hybridized carbons (Fsp3) is 0.769. The second-order valence-electron chi connectivity index (χ2n) is 4.99. The maximum atomic E-state index is 11.0. The third-order valence-corrected chi connectivity index (χ3v) is 3.52. The van der Waals surface area contributed by atoms with E-state index < -0.39 is 0 Å². The van der Waals surface area contributed by atoms with Gasteiger partial charge in [-0.25, -0.2) is 0 Å². The first kappa shape index (κ1) is 12.3. The molecular formula is C13H23NO. The quantitative estimate of drug-likeness (QED) is 0.709. The van der Waals surface area contributed by atoms with E-state index in [1.54, 1.807) is 0 Å². The molecule has 0 heterocycles. The number of hydrogen-bond acceptors (Lipinski definition) is 1. The van der Waals surface area contributed by atoms with Crippen LogP contribution in [0.15, 0.2) is 12.7 Å². The van der Waals surface area contributed by atoms with E-state index in [0.29, 0.717) is 5.92 Å². The van der Waals surface area contributed by atoms with Crippen LogP contribution in [0.4, 0.5) is 0 Å². The Balaban J connectivity index is 2.30. The molecule has 2 nitrogen and oxygen atoms in total. The number of carbonyl (C=O) groups excluding carboxylic acids is 1. The van der Waals surface area contributed by atoms with Crippen molar-refractivity contribution in [3.63, 3.8) is 0 Å². The van der Waals surface area contributed by atoms with E-state index >= 15 is 0 Å². The summed E-state index contributed by atoms with van der Waals surface area (Å²) in [5, 5.41) is 2.90. The van der Waals surface area contributed by atoms with Crippen LogP contribution in [0, 0.1) is 17.8 Å². The van der Waals surface area contributed by atoms with E-state index in [1.165, 1.54) is 31.8 Å². The van der Waals surface area contributed by atoms with E-state index in [0.717, 1.165) is 18.4 Å². The lowest BCUT2D eigenvalue weighted by Crippen LogP contribution is -2.31. The number of hydrogen-bond donors (Lipinski definition) is 1. The first-order valence-electron chi connectivity index (χ1n) is 6.03. The van der Waals surface area contributed by atoms with Crippen molar-refractivity contribution in [2.24, 2.45) is 17.8 Å². The molecule has 0 aromatic heterocycles. The first-order valence-corrected chi connectivity index (χ1v) is 6.03. The number of carbonyl (C=O) groups is 1. The van der Waals surface area contributed by atoms with Crippen LogP contribution in [0.2, 0.25) is 0 Å². The molecule has 15 heavy (non-hydrogen) atoms. The molecule has 1 rings (SSSR count). The van der Waals surface area contributed by atoms with Crippen molar-refractivity contribution in [1.82, 2.24) is 5.32 Å². The molecule has 2 heteroatoms. The normalized spacial score (nSPS) is 26.3. The highest BCUT2D eigenvalue weighted by Crippen LogP contribution is 2.33. The van der Waals surface area contributed by atoms with Crippen LogP contribution >= 0.6 is 0 Å². The van der Waals surface area contributed by atoms with Gasteiger partial charge in [-0.05, 0) is 36.7 Å². The van der Waals surface area contributed by atoms with Gasteiger partial charge in [-0.2, -0.15) is 0 Å². The van der Waals surface area contributed by atoms with E-state index in [2.05, 4.69) is 25.7 Å². The molecule has 0 aromatic carbocycles. The maximum absolute atomic E-state index is 11.0. The standard InChI is InChI=1S/C13H23NO/c1-4-13(15)14-9-11-6-5-7-12(8-11)10(2)3/h4,10-12H,1,5-9H2,2-3H3,(H,14,15). The molecule has 0 bridgehead atoms. The summed E-state index contributed by atoms with van der Waals surface area (Å²) in [6.07, 6.45) is 6.57. The van der Waals surface area contributed by atoms with Crippen molar-refractivity contribution in [2.45, 2.75) is 39.5 Å². The third-order valence-electron chi connectivity index (χ3n) is 3.52. The Morgan fingerprint density at radius 2 is 2.27 bits per heavy atom. The minimum Gasteiger partial charge on any atom is -0.352 e. The molecule has 1 amide bonds. The van der Waals surface area contributed by atoms with Crippen molar-refractivity contribution in [3.8, 4) is 0 Å². The molecule has 0 saturated heterocycles. The lowest BCUT2D eigenvalue weighted by atomic mass is 9.76. The van der Waals surface area contributed by atoms with Crippen molar-refractivity contribution >= 4 is 5.91 Å². The van der Waals surface area contributed by atoms with Gasteiger partial charge in [0.1, 0.15) is 0 Å². The molecular weight excluding hydrogens is 186 g/mol. The molecule has 1 aliphatic rings. The van der Waals surface area contributed by atoms with Crippen LogP contribution in [-0.2, 0) is 4.79 Å². The van der Waals surface area contributed by atoms with Crippen LogP contribution < -0.4 is 5.32 Å².